The van der Waals surface area contributed by atoms with Crippen molar-refractivity contribution in [1.82, 2.24) is 0 Å². The van der Waals surface area contributed by atoms with E-state index in [0.29, 0.717) is 5.69 Å². The van der Waals surface area contributed by atoms with Gasteiger partial charge in [-0.25, -0.2) is 0 Å². The van der Waals surface area contributed by atoms with E-state index in [-0.39, 0.29) is 5.97 Å². The molecule has 1 aliphatic carbocycles. The molecule has 0 heterocycles. The molecule has 1 fully saturated rings. The van der Waals surface area contributed by atoms with Gasteiger partial charge in [0.25, 0.3) is 0 Å². The molecule has 1 aromatic carbocycles. The normalized spacial score (nSPS) is 17.6. The average Bonchev–Trinajstić information content (AvgIpc) is 2.96. The standard InChI is InChI=1S/C14H19NO2/c1-13(2,3)17-12(16)14(8-9-14)10-6-4-5-7-11(10)15/h4-7H,8-9,15H2,1-3H3. The summed E-state index contributed by atoms with van der Waals surface area (Å²) in [6.07, 6.45) is 1.66. The first-order chi connectivity index (χ1) is 7.85. The maximum Gasteiger partial charge on any atom is 0.317 e. The Morgan fingerprint density at radius 2 is 1.88 bits per heavy atom. The van der Waals surface area contributed by atoms with Crippen molar-refractivity contribution in [2.24, 2.45) is 0 Å². The first-order valence-electron chi connectivity index (χ1n) is 5.94. The molecule has 2 rings (SSSR count). The molecule has 17 heavy (non-hydrogen) atoms. The summed E-state index contributed by atoms with van der Waals surface area (Å²) < 4.78 is 5.48. The van der Waals surface area contributed by atoms with Crippen LogP contribution in [0.2, 0.25) is 0 Å². The lowest BCUT2D eigenvalue weighted by molar-refractivity contribution is -0.158. The van der Waals surface area contributed by atoms with Crippen molar-refractivity contribution in [2.75, 3.05) is 5.73 Å². The fraction of sp³-hybridized carbons (Fsp3) is 0.500. The summed E-state index contributed by atoms with van der Waals surface area (Å²) in [4.78, 5) is 12.2. The average molecular weight is 233 g/mol. The zero-order chi connectivity index (χ0) is 12.7. The molecule has 0 aliphatic heterocycles. The maximum atomic E-state index is 12.2. The number of nitrogen functional groups attached to an aromatic ring is 1. The fourth-order valence-corrected chi connectivity index (χ4v) is 2.02. The Hall–Kier alpha value is -1.51. The number of nitrogens with two attached hydrogens (primary N) is 1. The number of rotatable bonds is 2. The molecule has 2 N–H and O–H groups in total. The van der Waals surface area contributed by atoms with Crippen LogP contribution in [0.3, 0.4) is 0 Å². The Labute approximate surface area is 102 Å². The van der Waals surface area contributed by atoms with Gasteiger partial charge in [-0.2, -0.15) is 0 Å². The minimum Gasteiger partial charge on any atom is -0.459 e. The number of carbonyl (C=O) groups excluding carboxylic acids is 1. The minimum absolute atomic E-state index is 0.150. The van der Waals surface area contributed by atoms with Crippen LogP contribution in [0.4, 0.5) is 5.69 Å². The highest BCUT2D eigenvalue weighted by Crippen LogP contribution is 2.51. The van der Waals surface area contributed by atoms with Gasteiger partial charge in [0.2, 0.25) is 0 Å². The highest BCUT2D eigenvalue weighted by Gasteiger charge is 2.54. The van der Waals surface area contributed by atoms with Gasteiger partial charge in [-0.05, 0) is 45.2 Å². The van der Waals surface area contributed by atoms with Crippen molar-refractivity contribution < 1.29 is 9.53 Å². The fourth-order valence-electron chi connectivity index (χ4n) is 2.02. The Morgan fingerprint density at radius 3 is 2.35 bits per heavy atom. The smallest absolute Gasteiger partial charge is 0.317 e. The third-order valence-corrected chi connectivity index (χ3v) is 3.02. The van der Waals surface area contributed by atoms with Crippen molar-refractivity contribution in [3.8, 4) is 0 Å². The third-order valence-electron chi connectivity index (χ3n) is 3.02. The summed E-state index contributed by atoms with van der Waals surface area (Å²) in [7, 11) is 0. The van der Waals surface area contributed by atoms with E-state index in [4.69, 9.17) is 10.5 Å². The van der Waals surface area contributed by atoms with Crippen molar-refractivity contribution in [2.45, 2.75) is 44.6 Å². The zero-order valence-corrected chi connectivity index (χ0v) is 10.6. The lowest BCUT2D eigenvalue weighted by atomic mass is 9.94. The molecule has 0 spiro atoms. The van der Waals surface area contributed by atoms with E-state index >= 15 is 0 Å². The number of carbonyl (C=O) groups is 1. The van der Waals surface area contributed by atoms with Crippen LogP contribution < -0.4 is 5.73 Å². The van der Waals surface area contributed by atoms with Gasteiger partial charge in [0.15, 0.2) is 0 Å². The lowest BCUT2D eigenvalue weighted by Gasteiger charge is -2.24. The summed E-state index contributed by atoms with van der Waals surface area (Å²) in [6.45, 7) is 5.65. The van der Waals surface area contributed by atoms with Gasteiger partial charge < -0.3 is 10.5 Å². The highest BCUT2D eigenvalue weighted by molar-refractivity contribution is 5.88. The van der Waals surface area contributed by atoms with Crippen LogP contribution in [0.25, 0.3) is 0 Å². The quantitative estimate of drug-likeness (QED) is 0.631. The number of benzene rings is 1. The third kappa shape index (κ3) is 2.28. The SMILES string of the molecule is CC(C)(C)OC(=O)C1(c2ccccc2N)CC1. The van der Waals surface area contributed by atoms with E-state index < -0.39 is 11.0 Å². The molecule has 3 heteroatoms. The molecule has 0 aromatic heterocycles. The second-order valence-electron chi connectivity index (χ2n) is 5.67. The van der Waals surface area contributed by atoms with E-state index in [0.717, 1.165) is 18.4 Å². The number of para-hydroxylation sites is 1. The molecule has 0 atom stereocenters. The first-order valence-corrected chi connectivity index (χ1v) is 5.94. The maximum absolute atomic E-state index is 12.2. The summed E-state index contributed by atoms with van der Waals surface area (Å²) in [5.41, 5.74) is 6.59. The van der Waals surface area contributed by atoms with E-state index in [1.165, 1.54) is 0 Å². The molecular weight excluding hydrogens is 214 g/mol. The minimum atomic E-state index is -0.487. The molecule has 0 radical (unpaired) electrons. The Bertz CT molecular complexity index is 442. The zero-order valence-electron chi connectivity index (χ0n) is 10.6. The van der Waals surface area contributed by atoms with E-state index in [1.54, 1.807) is 0 Å². The summed E-state index contributed by atoms with van der Waals surface area (Å²) in [5.74, 6) is -0.150. The van der Waals surface area contributed by atoms with Gasteiger partial charge in [-0.15, -0.1) is 0 Å². The molecule has 0 bridgehead atoms. The highest BCUT2D eigenvalue weighted by atomic mass is 16.6. The van der Waals surface area contributed by atoms with Crippen LogP contribution in [0, 0.1) is 0 Å². The Morgan fingerprint density at radius 1 is 1.29 bits per heavy atom. The molecule has 92 valence electrons. The van der Waals surface area contributed by atoms with E-state index in [2.05, 4.69) is 0 Å². The van der Waals surface area contributed by atoms with Crippen LogP contribution in [0.1, 0.15) is 39.2 Å². The Balaban J connectivity index is 2.26. The van der Waals surface area contributed by atoms with Crippen molar-refractivity contribution in [3.63, 3.8) is 0 Å². The predicted molar refractivity (Wildman–Crippen MR) is 67.6 cm³/mol. The summed E-state index contributed by atoms with van der Waals surface area (Å²) >= 11 is 0. The number of hydrogen-bond acceptors (Lipinski definition) is 3. The van der Waals surface area contributed by atoms with Crippen LogP contribution in [0.15, 0.2) is 24.3 Å². The Kier molecular flexibility index (Phi) is 2.64. The molecule has 1 saturated carbocycles. The second kappa shape index (κ2) is 3.76. The molecule has 3 nitrogen and oxygen atoms in total. The van der Waals surface area contributed by atoms with Crippen molar-refractivity contribution in [3.05, 3.63) is 29.8 Å². The van der Waals surface area contributed by atoms with E-state index in [1.807, 2.05) is 45.0 Å². The van der Waals surface area contributed by atoms with Gasteiger partial charge in [0.05, 0.1) is 5.41 Å². The molecule has 1 aromatic rings. The van der Waals surface area contributed by atoms with Crippen LogP contribution in [0.5, 0.6) is 0 Å². The van der Waals surface area contributed by atoms with Crippen molar-refractivity contribution in [1.29, 1.82) is 0 Å². The molecule has 0 saturated heterocycles. The van der Waals surface area contributed by atoms with Gasteiger partial charge in [-0.1, -0.05) is 18.2 Å². The van der Waals surface area contributed by atoms with Crippen molar-refractivity contribution >= 4 is 11.7 Å². The molecule has 0 amide bonds. The number of anilines is 1. The molecule has 0 unspecified atom stereocenters. The monoisotopic (exact) mass is 233 g/mol. The topological polar surface area (TPSA) is 52.3 Å². The van der Waals surface area contributed by atoms with E-state index in [9.17, 15) is 4.79 Å². The predicted octanol–water partition coefficient (Wildman–Crippen LogP) is 2.64. The van der Waals surface area contributed by atoms with Crippen LogP contribution in [-0.4, -0.2) is 11.6 Å². The number of hydrogen-bond donors (Lipinski definition) is 1. The summed E-state index contributed by atoms with van der Waals surface area (Å²) in [5, 5.41) is 0. The lowest BCUT2D eigenvalue weighted by Crippen LogP contribution is -2.32. The first kappa shape index (κ1) is 12.0. The number of esters is 1. The summed E-state index contributed by atoms with van der Waals surface area (Å²) in [6, 6.07) is 7.55. The van der Waals surface area contributed by atoms with Crippen LogP contribution >= 0.6 is 0 Å². The molecular formula is C14H19NO2. The number of ether oxygens (including phenoxy) is 1. The van der Waals surface area contributed by atoms with Gasteiger partial charge in [-0.3, -0.25) is 4.79 Å². The molecule has 1 aliphatic rings. The van der Waals surface area contributed by atoms with Gasteiger partial charge in [0, 0.05) is 5.69 Å². The van der Waals surface area contributed by atoms with Gasteiger partial charge >= 0.3 is 5.97 Å². The van der Waals surface area contributed by atoms with Gasteiger partial charge in [0.1, 0.15) is 5.60 Å². The second-order valence-corrected chi connectivity index (χ2v) is 5.67. The largest absolute Gasteiger partial charge is 0.459 e. The van der Waals surface area contributed by atoms with Crippen LogP contribution in [-0.2, 0) is 14.9 Å².